The van der Waals surface area contributed by atoms with Gasteiger partial charge < -0.3 is 19.5 Å². The summed E-state index contributed by atoms with van der Waals surface area (Å²) in [5.74, 6) is 0.769. The second-order valence-corrected chi connectivity index (χ2v) is 9.11. The van der Waals surface area contributed by atoms with Crippen LogP contribution in [-0.2, 0) is 10.0 Å². The van der Waals surface area contributed by atoms with E-state index in [-0.39, 0.29) is 16.2 Å². The van der Waals surface area contributed by atoms with Gasteiger partial charge in [0, 0.05) is 24.7 Å². The number of carbonyl (C=O) groups excluding carboxylic acids is 1. The third-order valence-corrected chi connectivity index (χ3v) is 7.19. The van der Waals surface area contributed by atoms with E-state index in [0.29, 0.717) is 30.3 Å². The van der Waals surface area contributed by atoms with Crippen LogP contribution < -0.4 is 19.5 Å². The van der Waals surface area contributed by atoms with Gasteiger partial charge in [0.2, 0.25) is 10.0 Å². The van der Waals surface area contributed by atoms with Crippen molar-refractivity contribution in [2.45, 2.75) is 30.6 Å². The van der Waals surface area contributed by atoms with Gasteiger partial charge in [0.25, 0.3) is 5.91 Å². The maximum Gasteiger partial charge on any atom is 0.255 e. The van der Waals surface area contributed by atoms with Crippen LogP contribution in [0.2, 0.25) is 0 Å². The van der Waals surface area contributed by atoms with Crippen molar-refractivity contribution in [3.63, 3.8) is 0 Å². The van der Waals surface area contributed by atoms with Crippen molar-refractivity contribution < 1.29 is 27.4 Å². The molecule has 168 valence electrons. The first-order chi connectivity index (χ1) is 14.9. The average Bonchev–Trinajstić information content (AvgIpc) is 3.09. The number of carbonyl (C=O) groups is 1. The number of rotatable bonds is 7. The number of amides is 1. The standard InChI is InChI=1S/C22H28N2O6S/c1-28-17-9-10-18(20(15-17)30-3)23-22(25)16-8-11-19(29-2)21(14-16)31(26,27)24-12-6-4-5-7-13-24/h8-11,14-15H,4-7,12-13H2,1-3H3,(H,23,25). The predicted octanol–water partition coefficient (Wildman–Crippen LogP) is 3.53. The Balaban J connectivity index is 1.92. The fraction of sp³-hybridized carbons (Fsp3) is 0.409. The maximum absolute atomic E-state index is 13.3. The molecule has 0 saturated carbocycles. The third kappa shape index (κ3) is 5.11. The third-order valence-electron chi connectivity index (χ3n) is 5.27. The first-order valence-corrected chi connectivity index (χ1v) is 11.6. The molecule has 3 rings (SSSR count). The minimum atomic E-state index is -3.79. The Morgan fingerprint density at radius 2 is 1.55 bits per heavy atom. The quantitative estimate of drug-likeness (QED) is 0.696. The number of methoxy groups -OCH3 is 3. The lowest BCUT2D eigenvalue weighted by Crippen LogP contribution is -2.32. The Morgan fingerprint density at radius 1 is 0.871 bits per heavy atom. The second kappa shape index (κ2) is 10.0. The summed E-state index contributed by atoms with van der Waals surface area (Å²) in [5, 5.41) is 2.77. The Kier molecular flexibility index (Phi) is 7.40. The molecule has 0 bridgehead atoms. The first-order valence-electron chi connectivity index (χ1n) is 10.1. The molecule has 2 aromatic rings. The number of ether oxygens (including phenoxy) is 3. The Hall–Kier alpha value is -2.78. The van der Waals surface area contributed by atoms with Gasteiger partial charge in [0.05, 0.1) is 27.0 Å². The van der Waals surface area contributed by atoms with Crippen molar-refractivity contribution in [1.29, 1.82) is 0 Å². The molecular weight excluding hydrogens is 420 g/mol. The van der Waals surface area contributed by atoms with E-state index in [1.807, 2.05) is 0 Å². The molecule has 9 heteroatoms. The van der Waals surface area contributed by atoms with Gasteiger partial charge in [-0.2, -0.15) is 4.31 Å². The number of nitrogens with zero attached hydrogens (tertiary/aromatic N) is 1. The van der Waals surface area contributed by atoms with Gasteiger partial charge in [0.1, 0.15) is 22.1 Å². The van der Waals surface area contributed by atoms with E-state index < -0.39 is 15.9 Å². The van der Waals surface area contributed by atoms with E-state index in [2.05, 4.69) is 5.32 Å². The van der Waals surface area contributed by atoms with Crippen molar-refractivity contribution in [1.82, 2.24) is 4.31 Å². The molecule has 0 unspecified atom stereocenters. The van der Waals surface area contributed by atoms with Crippen LogP contribution in [0.4, 0.5) is 5.69 Å². The average molecular weight is 449 g/mol. The molecular formula is C22H28N2O6S. The zero-order valence-electron chi connectivity index (χ0n) is 18.0. The topological polar surface area (TPSA) is 94.2 Å². The van der Waals surface area contributed by atoms with E-state index in [9.17, 15) is 13.2 Å². The number of sulfonamides is 1. The van der Waals surface area contributed by atoms with E-state index in [4.69, 9.17) is 14.2 Å². The van der Waals surface area contributed by atoms with Crippen molar-refractivity contribution in [2.75, 3.05) is 39.7 Å². The molecule has 8 nitrogen and oxygen atoms in total. The highest BCUT2D eigenvalue weighted by molar-refractivity contribution is 7.89. The molecule has 1 aliphatic heterocycles. The van der Waals surface area contributed by atoms with Crippen molar-refractivity contribution in [3.8, 4) is 17.2 Å². The summed E-state index contributed by atoms with van der Waals surface area (Å²) >= 11 is 0. The molecule has 1 fully saturated rings. The summed E-state index contributed by atoms with van der Waals surface area (Å²) < 4.78 is 43.9. The van der Waals surface area contributed by atoms with Crippen LogP contribution in [-0.4, -0.2) is 53.0 Å². The van der Waals surface area contributed by atoms with Gasteiger partial charge in [-0.25, -0.2) is 8.42 Å². The van der Waals surface area contributed by atoms with Crippen molar-refractivity contribution >= 4 is 21.6 Å². The smallest absolute Gasteiger partial charge is 0.255 e. The normalized spacial score (nSPS) is 15.1. The number of hydrogen-bond acceptors (Lipinski definition) is 6. The summed E-state index contributed by atoms with van der Waals surface area (Å²) in [6.45, 7) is 0.927. The zero-order chi connectivity index (χ0) is 22.4. The molecule has 2 aromatic carbocycles. The summed E-state index contributed by atoms with van der Waals surface area (Å²) in [6, 6.07) is 9.41. The minimum absolute atomic E-state index is 0.00811. The van der Waals surface area contributed by atoms with Crippen LogP contribution >= 0.6 is 0 Å². The molecule has 1 N–H and O–H groups in total. The fourth-order valence-electron chi connectivity index (χ4n) is 3.54. The summed E-state index contributed by atoms with van der Waals surface area (Å²) in [5.41, 5.74) is 0.646. The summed E-state index contributed by atoms with van der Waals surface area (Å²) in [4.78, 5) is 12.9. The van der Waals surface area contributed by atoms with Crippen LogP contribution in [0.25, 0.3) is 0 Å². The maximum atomic E-state index is 13.3. The molecule has 1 amide bonds. The van der Waals surface area contributed by atoms with Crippen LogP contribution in [0.5, 0.6) is 17.2 Å². The lowest BCUT2D eigenvalue weighted by molar-refractivity contribution is 0.102. The molecule has 1 heterocycles. The van der Waals surface area contributed by atoms with Gasteiger partial charge in [0.15, 0.2) is 0 Å². The highest BCUT2D eigenvalue weighted by atomic mass is 32.2. The van der Waals surface area contributed by atoms with Crippen LogP contribution in [0, 0.1) is 0 Å². The highest BCUT2D eigenvalue weighted by Gasteiger charge is 2.29. The second-order valence-electron chi connectivity index (χ2n) is 7.20. The molecule has 0 spiro atoms. The molecule has 1 aliphatic rings. The first kappa shape index (κ1) is 22.9. The summed E-state index contributed by atoms with van der Waals surface area (Å²) in [7, 11) is 0.652. The van der Waals surface area contributed by atoms with Gasteiger partial charge >= 0.3 is 0 Å². The molecule has 1 saturated heterocycles. The van der Waals surface area contributed by atoms with Gasteiger partial charge in [-0.3, -0.25) is 4.79 Å². The number of anilines is 1. The zero-order valence-corrected chi connectivity index (χ0v) is 18.8. The van der Waals surface area contributed by atoms with Crippen molar-refractivity contribution in [3.05, 3.63) is 42.0 Å². The van der Waals surface area contributed by atoms with E-state index >= 15 is 0 Å². The lowest BCUT2D eigenvalue weighted by atomic mass is 10.2. The molecule has 0 aliphatic carbocycles. The number of nitrogens with one attached hydrogen (secondary N) is 1. The Labute approximate surface area is 183 Å². The van der Waals surface area contributed by atoms with E-state index in [1.165, 1.54) is 43.8 Å². The molecule has 0 radical (unpaired) electrons. The van der Waals surface area contributed by atoms with Crippen LogP contribution in [0.1, 0.15) is 36.0 Å². The number of benzene rings is 2. The largest absolute Gasteiger partial charge is 0.497 e. The minimum Gasteiger partial charge on any atom is -0.497 e. The SMILES string of the molecule is COc1ccc(NC(=O)c2ccc(OC)c(S(=O)(=O)N3CCCCCC3)c2)c(OC)c1. The van der Waals surface area contributed by atoms with Gasteiger partial charge in [-0.1, -0.05) is 12.8 Å². The van der Waals surface area contributed by atoms with E-state index in [1.54, 1.807) is 18.2 Å². The molecule has 31 heavy (non-hydrogen) atoms. The van der Waals surface area contributed by atoms with Crippen LogP contribution in [0.3, 0.4) is 0 Å². The van der Waals surface area contributed by atoms with Gasteiger partial charge in [-0.05, 0) is 43.2 Å². The number of hydrogen-bond donors (Lipinski definition) is 1. The molecule has 0 aromatic heterocycles. The van der Waals surface area contributed by atoms with Crippen LogP contribution in [0.15, 0.2) is 41.3 Å². The monoisotopic (exact) mass is 448 g/mol. The Bertz CT molecular complexity index is 1030. The summed E-state index contributed by atoms with van der Waals surface area (Å²) in [6.07, 6.45) is 3.66. The lowest BCUT2D eigenvalue weighted by Gasteiger charge is -2.21. The highest BCUT2D eigenvalue weighted by Crippen LogP contribution is 2.32. The molecule has 0 atom stereocenters. The fourth-order valence-corrected chi connectivity index (χ4v) is 5.24. The van der Waals surface area contributed by atoms with Gasteiger partial charge in [-0.15, -0.1) is 0 Å². The Morgan fingerprint density at radius 3 is 2.16 bits per heavy atom. The van der Waals surface area contributed by atoms with E-state index in [0.717, 1.165) is 25.7 Å². The van der Waals surface area contributed by atoms with Crippen molar-refractivity contribution in [2.24, 2.45) is 0 Å². The predicted molar refractivity (Wildman–Crippen MR) is 118 cm³/mol.